The zero-order valence-electron chi connectivity index (χ0n) is 14.2. The lowest BCUT2D eigenvalue weighted by atomic mass is 9.89. The Balaban J connectivity index is 1.36. The molecule has 0 bridgehead atoms. The van der Waals surface area contributed by atoms with Gasteiger partial charge in [0.25, 0.3) is 0 Å². The first-order valence-corrected chi connectivity index (χ1v) is 9.08. The van der Waals surface area contributed by atoms with Crippen LogP contribution in [-0.4, -0.2) is 61.1 Å². The van der Waals surface area contributed by atoms with Crippen LogP contribution in [0.4, 0.5) is 5.82 Å². The van der Waals surface area contributed by atoms with Crippen molar-refractivity contribution in [3.05, 3.63) is 18.0 Å². The molecule has 2 aliphatic rings. The van der Waals surface area contributed by atoms with Crippen molar-refractivity contribution in [2.45, 2.75) is 63.6 Å². The van der Waals surface area contributed by atoms with Crippen molar-refractivity contribution in [1.82, 2.24) is 24.7 Å². The quantitative estimate of drug-likeness (QED) is 0.890. The molecule has 4 rings (SSSR count). The molecule has 2 aromatic rings. The number of aromatic nitrogens is 4. The van der Waals surface area contributed by atoms with Gasteiger partial charge < -0.3 is 10.4 Å². The molecule has 0 spiro atoms. The second-order valence-electron chi connectivity index (χ2n) is 7.11. The topological polar surface area (TPSA) is 78.6 Å². The fraction of sp³-hybridized carbons (Fsp3) is 0.706. The maximum Gasteiger partial charge on any atom is 0.178 e. The smallest absolute Gasteiger partial charge is 0.178 e. The molecule has 0 radical (unpaired) electrons. The minimum atomic E-state index is -0.135. The molecule has 24 heavy (non-hydrogen) atoms. The van der Waals surface area contributed by atoms with Crippen molar-refractivity contribution < 1.29 is 5.11 Å². The minimum absolute atomic E-state index is 0.135. The van der Waals surface area contributed by atoms with Gasteiger partial charge in [-0.25, -0.2) is 0 Å². The Morgan fingerprint density at radius 3 is 2.67 bits per heavy atom. The number of fused-ring (bicyclic) bond motifs is 1. The first kappa shape index (κ1) is 15.8. The normalized spacial score (nSPS) is 26.8. The van der Waals surface area contributed by atoms with Crippen LogP contribution in [0.3, 0.4) is 0 Å². The van der Waals surface area contributed by atoms with Crippen LogP contribution in [-0.2, 0) is 0 Å². The van der Waals surface area contributed by atoms with E-state index in [9.17, 15) is 5.11 Å². The predicted molar refractivity (Wildman–Crippen MR) is 92.0 cm³/mol. The van der Waals surface area contributed by atoms with Gasteiger partial charge in [0.1, 0.15) is 5.82 Å². The summed E-state index contributed by atoms with van der Waals surface area (Å²) in [6.45, 7) is 4.01. The molecule has 7 heteroatoms. The lowest BCUT2D eigenvalue weighted by Crippen LogP contribution is -2.50. The third-order valence-corrected chi connectivity index (χ3v) is 5.46. The highest BCUT2D eigenvalue weighted by Gasteiger charge is 2.31. The van der Waals surface area contributed by atoms with E-state index in [1.165, 1.54) is 12.8 Å². The van der Waals surface area contributed by atoms with E-state index in [0.717, 1.165) is 56.1 Å². The molecule has 2 fully saturated rings. The molecule has 0 amide bonds. The lowest BCUT2D eigenvalue weighted by Gasteiger charge is -2.41. The predicted octanol–water partition coefficient (Wildman–Crippen LogP) is 1.61. The van der Waals surface area contributed by atoms with Gasteiger partial charge in [-0.1, -0.05) is 12.8 Å². The zero-order chi connectivity index (χ0) is 16.5. The van der Waals surface area contributed by atoms with E-state index in [2.05, 4.69) is 25.5 Å². The largest absolute Gasteiger partial charge is 0.391 e. The Bertz CT molecular complexity index is 693. The van der Waals surface area contributed by atoms with E-state index in [-0.39, 0.29) is 6.10 Å². The first-order chi connectivity index (χ1) is 11.7. The third kappa shape index (κ3) is 3.10. The van der Waals surface area contributed by atoms with Gasteiger partial charge in [0.05, 0.1) is 6.10 Å². The van der Waals surface area contributed by atoms with E-state index in [0.29, 0.717) is 12.1 Å². The highest BCUT2D eigenvalue weighted by Crippen LogP contribution is 2.26. The fourth-order valence-electron chi connectivity index (χ4n) is 4.08. The summed E-state index contributed by atoms with van der Waals surface area (Å²) in [5, 5.41) is 26.5. The molecule has 1 saturated carbocycles. The molecule has 1 aliphatic carbocycles. The number of rotatable bonds is 3. The first-order valence-electron chi connectivity index (χ1n) is 9.08. The molecular weight excluding hydrogens is 304 g/mol. The Morgan fingerprint density at radius 2 is 1.88 bits per heavy atom. The highest BCUT2D eigenvalue weighted by molar-refractivity contribution is 5.44. The Morgan fingerprint density at radius 1 is 1.08 bits per heavy atom. The summed E-state index contributed by atoms with van der Waals surface area (Å²) >= 11 is 0. The number of aryl methyl sites for hydroxylation is 1. The number of nitrogens with zero attached hydrogens (tertiary/aromatic N) is 5. The van der Waals surface area contributed by atoms with E-state index >= 15 is 0 Å². The SMILES string of the molecule is Cc1nnc2ccc(NC3CCN(C4CCCCC4O)CC3)nn12. The van der Waals surface area contributed by atoms with Gasteiger partial charge in [0, 0.05) is 25.2 Å². The van der Waals surface area contributed by atoms with Gasteiger partial charge in [0.15, 0.2) is 11.5 Å². The van der Waals surface area contributed by atoms with Crippen LogP contribution in [0.1, 0.15) is 44.3 Å². The van der Waals surface area contributed by atoms with Gasteiger partial charge in [-0.15, -0.1) is 15.3 Å². The molecule has 1 saturated heterocycles. The third-order valence-electron chi connectivity index (χ3n) is 5.46. The van der Waals surface area contributed by atoms with Crippen LogP contribution < -0.4 is 5.32 Å². The van der Waals surface area contributed by atoms with Crippen molar-refractivity contribution in [1.29, 1.82) is 0 Å². The minimum Gasteiger partial charge on any atom is -0.391 e. The van der Waals surface area contributed by atoms with Crippen LogP contribution in [0.15, 0.2) is 12.1 Å². The van der Waals surface area contributed by atoms with E-state index in [4.69, 9.17) is 0 Å². The summed E-state index contributed by atoms with van der Waals surface area (Å²) in [4.78, 5) is 2.49. The number of hydrogen-bond donors (Lipinski definition) is 2. The number of nitrogens with one attached hydrogen (secondary N) is 1. The average molecular weight is 330 g/mol. The Kier molecular flexibility index (Phi) is 4.37. The molecule has 0 aromatic carbocycles. The van der Waals surface area contributed by atoms with Crippen LogP contribution >= 0.6 is 0 Å². The van der Waals surface area contributed by atoms with Crippen LogP contribution in [0.2, 0.25) is 0 Å². The monoisotopic (exact) mass is 330 g/mol. The van der Waals surface area contributed by atoms with Crippen molar-refractivity contribution >= 4 is 11.5 Å². The summed E-state index contributed by atoms with van der Waals surface area (Å²) in [6.07, 6.45) is 6.57. The molecule has 2 unspecified atom stereocenters. The van der Waals surface area contributed by atoms with Gasteiger partial charge >= 0.3 is 0 Å². The number of aliphatic hydroxyl groups excluding tert-OH is 1. The van der Waals surface area contributed by atoms with Gasteiger partial charge in [-0.3, -0.25) is 4.90 Å². The van der Waals surface area contributed by atoms with Crippen LogP contribution in [0.25, 0.3) is 5.65 Å². The Labute approximate surface area is 142 Å². The molecule has 1 aliphatic heterocycles. The van der Waals surface area contributed by atoms with Crippen molar-refractivity contribution in [2.75, 3.05) is 18.4 Å². The van der Waals surface area contributed by atoms with Gasteiger partial charge in [-0.05, 0) is 44.7 Å². The van der Waals surface area contributed by atoms with E-state index in [1.807, 2.05) is 19.1 Å². The molecule has 2 N–H and O–H groups in total. The maximum atomic E-state index is 10.2. The maximum absolute atomic E-state index is 10.2. The molecule has 3 heterocycles. The van der Waals surface area contributed by atoms with Gasteiger partial charge in [0.2, 0.25) is 0 Å². The van der Waals surface area contributed by atoms with Crippen LogP contribution in [0.5, 0.6) is 0 Å². The second-order valence-corrected chi connectivity index (χ2v) is 7.11. The van der Waals surface area contributed by atoms with E-state index < -0.39 is 0 Å². The lowest BCUT2D eigenvalue weighted by molar-refractivity contribution is 0.00992. The number of aliphatic hydroxyl groups is 1. The van der Waals surface area contributed by atoms with Crippen molar-refractivity contribution in [3.63, 3.8) is 0 Å². The second kappa shape index (κ2) is 6.64. The Hall–Kier alpha value is -1.73. The standard InChI is InChI=1S/C17H26N6O/c1-12-19-20-17-7-6-16(21-23(12)17)18-13-8-10-22(11-9-13)14-4-2-3-5-15(14)24/h6-7,13-15,24H,2-5,8-11H2,1H3,(H,18,21). The molecule has 2 atom stereocenters. The van der Waals surface area contributed by atoms with Crippen LogP contribution in [0, 0.1) is 6.92 Å². The van der Waals surface area contributed by atoms with E-state index in [1.54, 1.807) is 4.52 Å². The highest BCUT2D eigenvalue weighted by atomic mass is 16.3. The number of hydrogen-bond acceptors (Lipinski definition) is 6. The van der Waals surface area contributed by atoms with Gasteiger partial charge in [-0.2, -0.15) is 4.52 Å². The molecule has 130 valence electrons. The van der Waals surface area contributed by atoms with Crippen molar-refractivity contribution in [2.24, 2.45) is 0 Å². The summed E-state index contributed by atoms with van der Waals surface area (Å²) in [5.74, 6) is 1.68. The van der Waals surface area contributed by atoms with Crippen molar-refractivity contribution in [3.8, 4) is 0 Å². The summed E-state index contributed by atoms with van der Waals surface area (Å²) in [5.41, 5.74) is 0.777. The summed E-state index contributed by atoms with van der Waals surface area (Å²) < 4.78 is 1.77. The fourth-order valence-corrected chi connectivity index (χ4v) is 4.08. The average Bonchev–Trinajstić information content (AvgIpc) is 2.97. The number of likely N-dealkylation sites (tertiary alicyclic amines) is 1. The summed E-state index contributed by atoms with van der Waals surface area (Å²) in [7, 11) is 0. The zero-order valence-corrected chi connectivity index (χ0v) is 14.2. The number of piperidine rings is 1. The molecule has 7 nitrogen and oxygen atoms in total. The number of anilines is 1. The molecular formula is C17H26N6O. The molecule has 2 aromatic heterocycles. The summed E-state index contributed by atoms with van der Waals surface area (Å²) in [6, 6.07) is 4.72.